The van der Waals surface area contributed by atoms with Gasteiger partial charge in [0, 0.05) is 32.1 Å². The Balaban J connectivity index is 1.86. The average Bonchev–Trinajstić information content (AvgIpc) is 2.71. The van der Waals surface area contributed by atoms with Crippen molar-refractivity contribution in [2.45, 2.75) is 31.6 Å². The van der Waals surface area contributed by atoms with E-state index in [1.165, 1.54) is 28.6 Å². The minimum Gasteiger partial charge on any atom is -0.355 e. The summed E-state index contributed by atoms with van der Waals surface area (Å²) in [5.41, 5.74) is 0.425. The van der Waals surface area contributed by atoms with E-state index in [4.69, 9.17) is 5.26 Å². The number of carbonyl (C=O) groups is 1. The number of nitriles is 1. The number of hydrogen-bond acceptors (Lipinski definition) is 5. The van der Waals surface area contributed by atoms with Crippen LogP contribution in [0.1, 0.15) is 32.3 Å². The molecule has 0 aromatic heterocycles. The second-order valence-corrected chi connectivity index (χ2v) is 8.57. The highest BCUT2D eigenvalue weighted by molar-refractivity contribution is 7.89. The average molecular weight is 393 g/mol. The lowest BCUT2D eigenvalue weighted by atomic mass is 9.97. The maximum Gasteiger partial charge on any atom is 0.243 e. The van der Waals surface area contributed by atoms with E-state index in [0.29, 0.717) is 38.0 Å². The molecule has 1 amide bonds. The molecule has 7 nitrogen and oxygen atoms in total. The zero-order valence-corrected chi connectivity index (χ0v) is 16.8. The van der Waals surface area contributed by atoms with Gasteiger partial charge in [0.25, 0.3) is 0 Å². The van der Waals surface area contributed by atoms with E-state index < -0.39 is 10.0 Å². The highest BCUT2D eigenvalue weighted by Crippen LogP contribution is 2.24. The van der Waals surface area contributed by atoms with Gasteiger partial charge in [-0.15, -0.1) is 0 Å². The molecule has 1 saturated heterocycles. The zero-order valence-electron chi connectivity index (χ0n) is 16.0. The first-order valence-corrected chi connectivity index (χ1v) is 10.9. The molecule has 0 bridgehead atoms. The van der Waals surface area contributed by atoms with E-state index in [2.05, 4.69) is 24.1 Å². The Labute approximate surface area is 162 Å². The summed E-state index contributed by atoms with van der Waals surface area (Å²) in [6.45, 7) is 8.20. The van der Waals surface area contributed by atoms with Gasteiger partial charge < -0.3 is 10.2 Å². The molecule has 0 aliphatic carbocycles. The first-order valence-electron chi connectivity index (χ1n) is 9.42. The molecular weight excluding hydrogens is 364 g/mol. The van der Waals surface area contributed by atoms with E-state index in [-0.39, 0.29) is 16.7 Å². The number of nitrogens with zero attached hydrogens (tertiary/aromatic N) is 3. The molecule has 0 atom stereocenters. The normalized spacial score (nSPS) is 16.2. The molecule has 2 rings (SSSR count). The van der Waals surface area contributed by atoms with Crippen LogP contribution in [0.15, 0.2) is 29.2 Å². The number of benzene rings is 1. The largest absolute Gasteiger partial charge is 0.355 e. The Hall–Kier alpha value is -1.95. The van der Waals surface area contributed by atoms with E-state index in [0.717, 1.165) is 19.6 Å². The Kier molecular flexibility index (Phi) is 7.78. The molecule has 1 aliphatic rings. The number of likely N-dealkylation sites (N-methyl/N-ethyl adjacent to an activating group) is 1. The molecule has 0 unspecified atom stereocenters. The number of piperidine rings is 1. The van der Waals surface area contributed by atoms with Gasteiger partial charge >= 0.3 is 0 Å². The van der Waals surface area contributed by atoms with Crippen LogP contribution in [0.25, 0.3) is 0 Å². The van der Waals surface area contributed by atoms with Gasteiger partial charge in [-0.05, 0) is 50.2 Å². The highest BCUT2D eigenvalue weighted by atomic mass is 32.2. The fraction of sp³-hybridized carbons (Fsp3) is 0.579. The first-order chi connectivity index (χ1) is 12.9. The molecule has 27 heavy (non-hydrogen) atoms. The third-order valence-electron chi connectivity index (χ3n) is 5.07. The van der Waals surface area contributed by atoms with E-state index >= 15 is 0 Å². The van der Waals surface area contributed by atoms with Gasteiger partial charge in [-0.1, -0.05) is 13.8 Å². The van der Waals surface area contributed by atoms with E-state index in [9.17, 15) is 13.2 Å². The summed E-state index contributed by atoms with van der Waals surface area (Å²) in [7, 11) is -3.59. The summed E-state index contributed by atoms with van der Waals surface area (Å²) in [6.07, 6.45) is 1.04. The third kappa shape index (κ3) is 5.51. The van der Waals surface area contributed by atoms with Gasteiger partial charge in [0.1, 0.15) is 0 Å². The monoisotopic (exact) mass is 392 g/mol. The van der Waals surface area contributed by atoms with Gasteiger partial charge in [-0.2, -0.15) is 9.57 Å². The van der Waals surface area contributed by atoms with Crippen LogP contribution in [-0.2, 0) is 14.8 Å². The number of nitrogens with one attached hydrogen (secondary N) is 1. The molecule has 1 aromatic carbocycles. The van der Waals surface area contributed by atoms with Crippen LogP contribution >= 0.6 is 0 Å². The van der Waals surface area contributed by atoms with Crippen molar-refractivity contribution in [3.05, 3.63) is 29.8 Å². The topological polar surface area (TPSA) is 93.5 Å². The van der Waals surface area contributed by atoms with E-state index in [1.807, 2.05) is 6.07 Å². The SMILES string of the molecule is CCN(CC)CCNC(=O)C1CCN(S(=O)(=O)c2ccc(C#N)cc2)CC1. The highest BCUT2D eigenvalue weighted by Gasteiger charge is 2.31. The van der Waals surface area contributed by atoms with Gasteiger partial charge in [0.05, 0.1) is 16.5 Å². The predicted molar refractivity (Wildman–Crippen MR) is 103 cm³/mol. The molecule has 1 N–H and O–H groups in total. The summed E-state index contributed by atoms with van der Waals surface area (Å²) >= 11 is 0. The molecule has 0 saturated carbocycles. The molecule has 0 radical (unpaired) electrons. The van der Waals surface area contributed by atoms with Gasteiger partial charge in [-0.25, -0.2) is 8.42 Å². The Bertz CT molecular complexity index is 759. The molecule has 0 spiro atoms. The first kappa shape index (κ1) is 21.4. The third-order valence-corrected chi connectivity index (χ3v) is 6.98. The number of sulfonamides is 1. The fourth-order valence-electron chi connectivity index (χ4n) is 3.23. The Morgan fingerprint density at radius 2 is 1.81 bits per heavy atom. The molecule has 1 aliphatic heterocycles. The van der Waals surface area contributed by atoms with Gasteiger partial charge in [0.2, 0.25) is 15.9 Å². The van der Waals surface area contributed by atoms with Crippen molar-refractivity contribution < 1.29 is 13.2 Å². The van der Waals surface area contributed by atoms with Crippen molar-refractivity contribution in [1.82, 2.24) is 14.5 Å². The van der Waals surface area contributed by atoms with Crippen molar-refractivity contribution >= 4 is 15.9 Å². The number of rotatable bonds is 8. The van der Waals surface area contributed by atoms with Crippen LogP contribution in [0.5, 0.6) is 0 Å². The lowest BCUT2D eigenvalue weighted by Crippen LogP contribution is -2.44. The molecule has 1 heterocycles. The lowest BCUT2D eigenvalue weighted by molar-refractivity contribution is -0.126. The van der Waals surface area contributed by atoms with Gasteiger partial charge in [-0.3, -0.25) is 4.79 Å². The second-order valence-electron chi connectivity index (χ2n) is 6.63. The predicted octanol–water partition coefficient (Wildman–Crippen LogP) is 1.42. The number of hydrogen-bond donors (Lipinski definition) is 1. The standard InChI is InChI=1S/C19H28N4O3S/c1-3-22(4-2)14-11-21-19(24)17-9-12-23(13-10-17)27(25,26)18-7-5-16(15-20)6-8-18/h5-8,17H,3-4,9-14H2,1-2H3,(H,21,24). The van der Waals surface area contributed by atoms with Crippen molar-refractivity contribution in [2.75, 3.05) is 39.3 Å². The van der Waals surface area contributed by atoms with Crippen LogP contribution in [0.2, 0.25) is 0 Å². The van der Waals surface area contributed by atoms with Crippen LogP contribution in [0.3, 0.4) is 0 Å². The summed E-state index contributed by atoms with van der Waals surface area (Å²) in [5.74, 6) is -0.133. The number of amides is 1. The maximum atomic E-state index is 12.7. The van der Waals surface area contributed by atoms with Crippen LogP contribution in [0, 0.1) is 17.2 Å². The van der Waals surface area contributed by atoms with Gasteiger partial charge in [0.15, 0.2) is 0 Å². The number of carbonyl (C=O) groups excluding carboxylic acids is 1. The molecule has 1 aromatic rings. The van der Waals surface area contributed by atoms with E-state index in [1.54, 1.807) is 0 Å². The van der Waals surface area contributed by atoms with Crippen LogP contribution in [0.4, 0.5) is 0 Å². The van der Waals surface area contributed by atoms with Crippen molar-refractivity contribution in [1.29, 1.82) is 5.26 Å². The minimum atomic E-state index is -3.59. The summed E-state index contributed by atoms with van der Waals surface area (Å²) < 4.78 is 26.9. The zero-order chi connectivity index (χ0) is 19.9. The quantitative estimate of drug-likeness (QED) is 0.722. The molecule has 8 heteroatoms. The van der Waals surface area contributed by atoms with Crippen molar-refractivity contribution in [3.8, 4) is 6.07 Å². The summed E-state index contributed by atoms with van der Waals surface area (Å²) in [5, 5.41) is 11.8. The Morgan fingerprint density at radius 1 is 1.22 bits per heavy atom. The molecule has 148 valence electrons. The summed E-state index contributed by atoms with van der Waals surface area (Å²) in [4.78, 5) is 14.8. The van der Waals surface area contributed by atoms with Crippen LogP contribution < -0.4 is 5.32 Å². The molecule has 1 fully saturated rings. The smallest absolute Gasteiger partial charge is 0.243 e. The van der Waals surface area contributed by atoms with Crippen molar-refractivity contribution in [2.24, 2.45) is 5.92 Å². The summed E-state index contributed by atoms with van der Waals surface area (Å²) in [6, 6.07) is 7.90. The lowest BCUT2D eigenvalue weighted by Gasteiger charge is -2.30. The second kappa shape index (κ2) is 9.83. The van der Waals surface area contributed by atoms with Crippen LogP contribution in [-0.4, -0.2) is 62.8 Å². The van der Waals surface area contributed by atoms with Crippen molar-refractivity contribution in [3.63, 3.8) is 0 Å². The maximum absolute atomic E-state index is 12.7. The Morgan fingerprint density at radius 3 is 2.33 bits per heavy atom. The fourth-order valence-corrected chi connectivity index (χ4v) is 4.70. The molecular formula is C19H28N4O3S. The minimum absolute atomic E-state index is 0.0116.